The lowest BCUT2D eigenvalue weighted by Crippen LogP contribution is -2.43. The average Bonchev–Trinajstić information content (AvgIpc) is 3.02. The van der Waals surface area contributed by atoms with Crippen molar-refractivity contribution in [3.05, 3.63) is 52.0 Å². The first kappa shape index (κ1) is 22.9. The fraction of sp³-hybridized carbons (Fsp3) is 0.474. The lowest BCUT2D eigenvalue weighted by atomic mass is 9.91. The molecule has 1 aliphatic heterocycles. The SMILES string of the molecule is CC(N)C1CCN(C(=O)Cc2csc(Cc3ccccc3)n2)CC1.Cl.Cl. The molecule has 0 radical (unpaired) electrons. The third-order valence-corrected chi connectivity index (χ3v) is 5.66. The maximum absolute atomic E-state index is 12.5. The van der Waals surface area contributed by atoms with Crippen molar-refractivity contribution in [2.24, 2.45) is 11.7 Å². The van der Waals surface area contributed by atoms with Crippen LogP contribution in [0.1, 0.15) is 36.0 Å². The predicted octanol–water partition coefficient (Wildman–Crippen LogP) is 3.71. The summed E-state index contributed by atoms with van der Waals surface area (Å²) in [5.74, 6) is 0.737. The number of likely N-dealkylation sites (tertiary alicyclic amines) is 1. The number of carbonyl (C=O) groups excluding carboxylic acids is 1. The Balaban J connectivity index is 0.00000169. The summed E-state index contributed by atoms with van der Waals surface area (Å²) in [6.45, 7) is 3.71. The van der Waals surface area contributed by atoms with Gasteiger partial charge in [-0.1, -0.05) is 30.3 Å². The fourth-order valence-electron chi connectivity index (χ4n) is 3.22. The van der Waals surface area contributed by atoms with E-state index in [1.165, 1.54) is 5.56 Å². The second-order valence-electron chi connectivity index (χ2n) is 6.65. The smallest absolute Gasteiger partial charge is 0.228 e. The van der Waals surface area contributed by atoms with Gasteiger partial charge in [-0.05, 0) is 31.2 Å². The summed E-state index contributed by atoms with van der Waals surface area (Å²) in [5, 5.41) is 3.09. The van der Waals surface area contributed by atoms with Gasteiger partial charge in [0.1, 0.15) is 0 Å². The van der Waals surface area contributed by atoms with Crippen LogP contribution in [0.15, 0.2) is 35.7 Å². The Morgan fingerprint density at radius 1 is 1.27 bits per heavy atom. The highest BCUT2D eigenvalue weighted by molar-refractivity contribution is 7.09. The topological polar surface area (TPSA) is 59.2 Å². The molecule has 7 heteroatoms. The maximum Gasteiger partial charge on any atom is 0.228 e. The highest BCUT2D eigenvalue weighted by Crippen LogP contribution is 2.21. The molecule has 26 heavy (non-hydrogen) atoms. The molecule has 0 bridgehead atoms. The van der Waals surface area contributed by atoms with E-state index in [1.54, 1.807) is 11.3 Å². The van der Waals surface area contributed by atoms with E-state index >= 15 is 0 Å². The molecule has 1 aromatic heterocycles. The number of rotatable bonds is 5. The summed E-state index contributed by atoms with van der Waals surface area (Å²) in [7, 11) is 0. The number of hydrogen-bond acceptors (Lipinski definition) is 4. The number of nitrogens with zero attached hydrogens (tertiary/aromatic N) is 2. The van der Waals surface area contributed by atoms with Gasteiger partial charge in [0, 0.05) is 30.9 Å². The van der Waals surface area contributed by atoms with E-state index in [-0.39, 0.29) is 36.8 Å². The molecule has 1 aromatic carbocycles. The van der Waals surface area contributed by atoms with Gasteiger partial charge in [-0.15, -0.1) is 36.2 Å². The normalized spacial score (nSPS) is 15.7. The summed E-state index contributed by atoms with van der Waals surface area (Å²) >= 11 is 1.64. The first-order chi connectivity index (χ1) is 11.6. The van der Waals surface area contributed by atoms with Crippen LogP contribution in [-0.4, -0.2) is 34.9 Å². The van der Waals surface area contributed by atoms with Gasteiger partial charge in [-0.2, -0.15) is 0 Å². The molecule has 1 saturated heterocycles. The quantitative estimate of drug-likeness (QED) is 0.809. The largest absolute Gasteiger partial charge is 0.342 e. The highest BCUT2D eigenvalue weighted by atomic mass is 35.5. The lowest BCUT2D eigenvalue weighted by molar-refractivity contribution is -0.132. The summed E-state index contributed by atoms with van der Waals surface area (Å²) in [6.07, 6.45) is 3.27. The zero-order valence-corrected chi connectivity index (χ0v) is 17.4. The molecule has 2 aromatic rings. The molecule has 4 nitrogen and oxygen atoms in total. The van der Waals surface area contributed by atoms with Gasteiger partial charge in [-0.25, -0.2) is 4.98 Å². The van der Waals surface area contributed by atoms with E-state index in [0.717, 1.165) is 43.1 Å². The number of benzene rings is 1. The standard InChI is InChI=1S/C19H25N3OS.2ClH/c1-14(20)16-7-9-22(10-8-16)19(23)12-17-13-24-18(21-17)11-15-5-3-2-4-6-15;;/h2-6,13-14,16H,7-12,20H2,1H3;2*1H. The lowest BCUT2D eigenvalue weighted by Gasteiger charge is -2.33. The van der Waals surface area contributed by atoms with Crippen molar-refractivity contribution in [3.63, 3.8) is 0 Å². The number of halogens is 2. The van der Waals surface area contributed by atoms with Crippen LogP contribution < -0.4 is 5.73 Å². The molecule has 1 unspecified atom stereocenters. The van der Waals surface area contributed by atoms with Crippen molar-refractivity contribution >= 4 is 42.1 Å². The van der Waals surface area contributed by atoms with Crippen LogP contribution in [0.5, 0.6) is 0 Å². The van der Waals surface area contributed by atoms with Gasteiger partial charge in [0.15, 0.2) is 0 Å². The first-order valence-electron chi connectivity index (χ1n) is 8.62. The van der Waals surface area contributed by atoms with Crippen molar-refractivity contribution in [1.29, 1.82) is 0 Å². The minimum Gasteiger partial charge on any atom is -0.342 e. The van der Waals surface area contributed by atoms with E-state index in [2.05, 4.69) is 24.0 Å². The predicted molar refractivity (Wildman–Crippen MR) is 113 cm³/mol. The molecule has 144 valence electrons. The molecule has 0 spiro atoms. The number of carbonyl (C=O) groups is 1. The molecule has 2 heterocycles. The number of piperidine rings is 1. The summed E-state index contributed by atoms with van der Waals surface area (Å²) in [6, 6.07) is 10.5. The zero-order valence-electron chi connectivity index (χ0n) is 15.0. The van der Waals surface area contributed by atoms with Crippen LogP contribution >= 0.6 is 36.2 Å². The molecule has 1 atom stereocenters. The van der Waals surface area contributed by atoms with Crippen molar-refractivity contribution in [3.8, 4) is 0 Å². The Morgan fingerprint density at radius 2 is 1.92 bits per heavy atom. The van der Waals surface area contributed by atoms with Crippen molar-refractivity contribution in [1.82, 2.24) is 9.88 Å². The van der Waals surface area contributed by atoms with Crippen LogP contribution in [0.25, 0.3) is 0 Å². The van der Waals surface area contributed by atoms with Gasteiger partial charge in [0.2, 0.25) is 5.91 Å². The van der Waals surface area contributed by atoms with Crippen LogP contribution in [0.2, 0.25) is 0 Å². The molecule has 1 fully saturated rings. The van der Waals surface area contributed by atoms with Crippen LogP contribution in [-0.2, 0) is 17.6 Å². The van der Waals surface area contributed by atoms with Gasteiger partial charge in [-0.3, -0.25) is 4.79 Å². The average molecular weight is 416 g/mol. The van der Waals surface area contributed by atoms with E-state index in [9.17, 15) is 4.79 Å². The zero-order chi connectivity index (χ0) is 16.9. The molecule has 1 aliphatic rings. The molecular formula is C19H27Cl2N3OS. The first-order valence-corrected chi connectivity index (χ1v) is 9.50. The van der Waals surface area contributed by atoms with Crippen LogP contribution in [0.4, 0.5) is 0 Å². The van der Waals surface area contributed by atoms with E-state index in [1.807, 2.05) is 28.5 Å². The van der Waals surface area contributed by atoms with Crippen molar-refractivity contribution < 1.29 is 4.79 Å². The van der Waals surface area contributed by atoms with Crippen molar-refractivity contribution in [2.45, 2.75) is 38.6 Å². The monoisotopic (exact) mass is 415 g/mol. The van der Waals surface area contributed by atoms with Gasteiger partial charge in [0.25, 0.3) is 0 Å². The van der Waals surface area contributed by atoms with Gasteiger partial charge < -0.3 is 10.6 Å². The number of hydrogen-bond donors (Lipinski definition) is 1. The Morgan fingerprint density at radius 3 is 2.54 bits per heavy atom. The number of thiazole rings is 1. The van der Waals surface area contributed by atoms with Gasteiger partial charge in [0.05, 0.1) is 17.1 Å². The van der Waals surface area contributed by atoms with Crippen LogP contribution in [0.3, 0.4) is 0 Å². The third-order valence-electron chi connectivity index (χ3n) is 4.77. The Hall–Kier alpha value is -1.14. The van der Waals surface area contributed by atoms with Crippen molar-refractivity contribution in [2.75, 3.05) is 13.1 Å². The second kappa shape index (κ2) is 10.9. The van der Waals surface area contributed by atoms with Crippen LogP contribution in [0, 0.1) is 5.92 Å². The summed E-state index contributed by atoms with van der Waals surface area (Å²) in [5.41, 5.74) is 8.11. The second-order valence-corrected chi connectivity index (χ2v) is 7.59. The molecule has 1 amide bonds. The highest BCUT2D eigenvalue weighted by Gasteiger charge is 2.25. The molecular weight excluding hydrogens is 389 g/mol. The van der Waals surface area contributed by atoms with E-state index in [0.29, 0.717) is 12.3 Å². The van der Waals surface area contributed by atoms with Gasteiger partial charge >= 0.3 is 0 Å². The Bertz CT molecular complexity index is 670. The Kier molecular flexibility index (Phi) is 9.58. The van der Waals surface area contributed by atoms with E-state index < -0.39 is 0 Å². The number of amides is 1. The van der Waals surface area contributed by atoms with E-state index in [4.69, 9.17) is 5.73 Å². The third kappa shape index (κ3) is 6.23. The number of nitrogens with two attached hydrogens (primary N) is 1. The number of aromatic nitrogens is 1. The molecule has 2 N–H and O–H groups in total. The molecule has 0 aliphatic carbocycles. The molecule has 3 rings (SSSR count). The summed E-state index contributed by atoms with van der Waals surface area (Å²) in [4.78, 5) is 19.1. The maximum atomic E-state index is 12.5. The summed E-state index contributed by atoms with van der Waals surface area (Å²) < 4.78 is 0. The minimum atomic E-state index is 0. The minimum absolute atomic E-state index is 0. The Labute approximate surface area is 172 Å². The fourth-order valence-corrected chi connectivity index (χ4v) is 4.05. The molecule has 0 saturated carbocycles.